The zero-order valence-electron chi connectivity index (χ0n) is 17.3. The van der Waals surface area contributed by atoms with Crippen molar-refractivity contribution in [2.75, 3.05) is 26.3 Å². The molecule has 3 fully saturated rings. The highest BCUT2D eigenvalue weighted by Crippen LogP contribution is 2.37. The monoisotopic (exact) mass is 447 g/mol. The fourth-order valence-electron chi connectivity index (χ4n) is 4.56. The smallest absolute Gasteiger partial charge is 0.325 e. The van der Waals surface area contributed by atoms with Crippen LogP contribution in [0.5, 0.6) is 0 Å². The summed E-state index contributed by atoms with van der Waals surface area (Å²) in [6.07, 6.45) is 2.26. The second kappa shape index (κ2) is 7.28. The van der Waals surface area contributed by atoms with E-state index in [1.165, 1.54) is 9.21 Å². The van der Waals surface area contributed by atoms with Crippen LogP contribution in [0.2, 0.25) is 0 Å². The molecule has 2 aliphatic heterocycles. The number of aromatic nitrogens is 2. The number of hydrogen-bond donors (Lipinski definition) is 1. The molecule has 1 aromatic carbocycles. The Morgan fingerprint density at radius 3 is 2.55 bits per heavy atom. The minimum atomic E-state index is -3.64. The lowest BCUT2D eigenvalue weighted by molar-refractivity contribution is -0.134. The number of imide groups is 1. The lowest BCUT2D eigenvalue weighted by Crippen LogP contribution is -2.52. The van der Waals surface area contributed by atoms with E-state index in [4.69, 9.17) is 4.74 Å². The highest BCUT2D eigenvalue weighted by molar-refractivity contribution is 7.89. The molecule has 0 bridgehead atoms. The van der Waals surface area contributed by atoms with Crippen LogP contribution in [0.3, 0.4) is 0 Å². The SMILES string of the molecule is CCn1c(CN2C(=O)NC3(CCC3)C2=O)nc2cc(S(=O)(=O)N3CCOCC3)ccc21. The van der Waals surface area contributed by atoms with Crippen molar-refractivity contribution in [3.8, 4) is 0 Å². The van der Waals surface area contributed by atoms with Gasteiger partial charge in [0.1, 0.15) is 11.4 Å². The Bertz CT molecular complexity index is 1160. The molecular formula is C20H25N5O5S. The number of morpholine rings is 1. The van der Waals surface area contributed by atoms with Gasteiger partial charge in [-0.3, -0.25) is 9.69 Å². The van der Waals surface area contributed by atoms with Gasteiger partial charge >= 0.3 is 6.03 Å². The molecule has 1 aliphatic carbocycles. The summed E-state index contributed by atoms with van der Waals surface area (Å²) in [5.41, 5.74) is 0.556. The van der Waals surface area contributed by atoms with Crippen LogP contribution in [0.25, 0.3) is 11.0 Å². The molecule has 31 heavy (non-hydrogen) atoms. The van der Waals surface area contributed by atoms with E-state index in [0.717, 1.165) is 11.9 Å². The molecule has 2 aromatic rings. The first-order valence-electron chi connectivity index (χ1n) is 10.6. The number of sulfonamides is 1. The maximum Gasteiger partial charge on any atom is 0.325 e. The van der Waals surface area contributed by atoms with Crippen LogP contribution >= 0.6 is 0 Å². The number of urea groups is 1. The van der Waals surface area contributed by atoms with Crippen LogP contribution < -0.4 is 5.32 Å². The van der Waals surface area contributed by atoms with Gasteiger partial charge in [-0.05, 0) is 44.4 Å². The van der Waals surface area contributed by atoms with Crippen LogP contribution in [-0.4, -0.2) is 71.0 Å². The Morgan fingerprint density at radius 2 is 1.94 bits per heavy atom. The predicted octanol–water partition coefficient (Wildman–Crippen LogP) is 1.05. The van der Waals surface area contributed by atoms with Gasteiger partial charge < -0.3 is 14.6 Å². The number of ether oxygens (including phenoxy) is 1. The fraction of sp³-hybridized carbons (Fsp3) is 0.550. The molecule has 5 rings (SSSR count). The van der Waals surface area contributed by atoms with Crippen molar-refractivity contribution in [2.45, 2.75) is 49.7 Å². The zero-order chi connectivity index (χ0) is 21.8. The first-order chi connectivity index (χ1) is 14.9. The minimum absolute atomic E-state index is 0.0560. The van der Waals surface area contributed by atoms with Gasteiger partial charge in [-0.2, -0.15) is 4.31 Å². The summed E-state index contributed by atoms with van der Waals surface area (Å²) >= 11 is 0. The van der Waals surface area contributed by atoms with Gasteiger partial charge in [0.2, 0.25) is 10.0 Å². The molecule has 3 aliphatic rings. The molecule has 11 heteroatoms. The van der Waals surface area contributed by atoms with E-state index in [9.17, 15) is 18.0 Å². The van der Waals surface area contributed by atoms with Gasteiger partial charge in [-0.1, -0.05) is 0 Å². The minimum Gasteiger partial charge on any atom is -0.379 e. The van der Waals surface area contributed by atoms with Gasteiger partial charge in [-0.15, -0.1) is 0 Å². The lowest BCUT2D eigenvalue weighted by atomic mass is 9.77. The topological polar surface area (TPSA) is 114 Å². The number of nitrogens with zero attached hydrogens (tertiary/aromatic N) is 4. The first-order valence-corrected chi connectivity index (χ1v) is 12.0. The average molecular weight is 448 g/mol. The van der Waals surface area contributed by atoms with Gasteiger partial charge in [-0.25, -0.2) is 18.2 Å². The first kappa shape index (κ1) is 20.4. The second-order valence-corrected chi connectivity index (χ2v) is 10.1. The average Bonchev–Trinajstić information content (AvgIpc) is 3.23. The van der Waals surface area contributed by atoms with Crippen LogP contribution in [-0.2, 0) is 32.6 Å². The number of imidazole rings is 1. The van der Waals surface area contributed by atoms with Crippen LogP contribution in [0, 0.1) is 0 Å². The summed E-state index contributed by atoms with van der Waals surface area (Å²) in [5, 5.41) is 2.83. The van der Waals surface area contributed by atoms with Crippen molar-refractivity contribution in [3.63, 3.8) is 0 Å². The van der Waals surface area contributed by atoms with E-state index < -0.39 is 21.6 Å². The van der Waals surface area contributed by atoms with E-state index in [-0.39, 0.29) is 17.3 Å². The number of fused-ring (bicyclic) bond motifs is 1. The van der Waals surface area contributed by atoms with Crippen molar-refractivity contribution in [1.82, 2.24) is 24.1 Å². The highest BCUT2D eigenvalue weighted by atomic mass is 32.2. The standard InChI is InChI=1S/C20H25N5O5S/c1-2-24-16-5-4-14(31(28,29)23-8-10-30-11-9-23)12-15(16)21-17(24)13-25-18(26)20(6-3-7-20)22-19(25)27/h4-5,12H,2-3,6-11,13H2,1H3,(H,22,27). The Morgan fingerprint density at radius 1 is 1.19 bits per heavy atom. The molecule has 1 N–H and O–H groups in total. The molecule has 1 spiro atoms. The molecule has 3 amide bonds. The van der Waals surface area contributed by atoms with Crippen molar-refractivity contribution < 1.29 is 22.7 Å². The lowest BCUT2D eigenvalue weighted by Gasteiger charge is -2.34. The van der Waals surface area contributed by atoms with Gasteiger partial charge in [0.15, 0.2) is 0 Å². The molecule has 0 radical (unpaired) electrons. The van der Waals surface area contributed by atoms with Crippen molar-refractivity contribution >= 4 is 33.0 Å². The summed E-state index contributed by atoms with van der Waals surface area (Å²) in [4.78, 5) is 31.3. The third-order valence-corrected chi connectivity index (χ3v) is 8.37. The molecule has 2 saturated heterocycles. The van der Waals surface area contributed by atoms with E-state index in [0.29, 0.717) is 57.0 Å². The summed E-state index contributed by atoms with van der Waals surface area (Å²) < 4.78 is 34.6. The van der Waals surface area contributed by atoms with Gasteiger partial charge in [0, 0.05) is 19.6 Å². The largest absolute Gasteiger partial charge is 0.379 e. The maximum atomic E-state index is 13.0. The van der Waals surface area contributed by atoms with E-state index in [1.807, 2.05) is 11.5 Å². The van der Waals surface area contributed by atoms with Crippen molar-refractivity contribution in [1.29, 1.82) is 0 Å². The Labute approximate surface area is 180 Å². The molecule has 0 atom stereocenters. The number of aryl methyl sites for hydroxylation is 1. The Hall–Kier alpha value is -2.50. The number of benzene rings is 1. The number of carbonyl (C=O) groups excluding carboxylic acids is 2. The summed E-state index contributed by atoms with van der Waals surface area (Å²) in [6, 6.07) is 4.49. The normalized spacial score (nSPS) is 21.6. The molecule has 10 nitrogen and oxygen atoms in total. The summed E-state index contributed by atoms with van der Waals surface area (Å²) in [7, 11) is -3.64. The quantitative estimate of drug-likeness (QED) is 0.686. The predicted molar refractivity (Wildman–Crippen MR) is 111 cm³/mol. The maximum absolute atomic E-state index is 13.0. The Balaban J connectivity index is 1.47. The summed E-state index contributed by atoms with van der Waals surface area (Å²) in [6.45, 7) is 3.98. The van der Waals surface area contributed by atoms with Gasteiger partial charge in [0.25, 0.3) is 5.91 Å². The molecule has 1 aromatic heterocycles. The van der Waals surface area contributed by atoms with Crippen LogP contribution in [0.1, 0.15) is 32.0 Å². The number of carbonyl (C=O) groups is 2. The van der Waals surface area contributed by atoms with Crippen molar-refractivity contribution in [2.24, 2.45) is 0 Å². The fourth-order valence-corrected chi connectivity index (χ4v) is 5.99. The summed E-state index contributed by atoms with van der Waals surface area (Å²) in [5.74, 6) is 0.354. The van der Waals surface area contributed by atoms with E-state index >= 15 is 0 Å². The molecule has 3 heterocycles. The molecule has 166 valence electrons. The number of rotatable bonds is 5. The zero-order valence-corrected chi connectivity index (χ0v) is 18.2. The van der Waals surface area contributed by atoms with Crippen LogP contribution in [0.4, 0.5) is 4.79 Å². The van der Waals surface area contributed by atoms with Crippen LogP contribution in [0.15, 0.2) is 23.1 Å². The van der Waals surface area contributed by atoms with Crippen molar-refractivity contribution in [3.05, 3.63) is 24.0 Å². The number of nitrogens with one attached hydrogen (secondary N) is 1. The third kappa shape index (κ3) is 3.14. The highest BCUT2D eigenvalue weighted by Gasteiger charge is 2.54. The number of amides is 3. The number of hydrogen-bond acceptors (Lipinski definition) is 6. The molecule has 0 unspecified atom stereocenters. The second-order valence-electron chi connectivity index (χ2n) is 8.20. The molecule has 1 saturated carbocycles. The third-order valence-electron chi connectivity index (χ3n) is 6.48. The molecular weight excluding hydrogens is 422 g/mol. The van der Waals surface area contributed by atoms with E-state index in [1.54, 1.807) is 18.2 Å². The Kier molecular flexibility index (Phi) is 4.79. The van der Waals surface area contributed by atoms with Gasteiger partial charge in [0.05, 0.1) is 35.7 Å². The van der Waals surface area contributed by atoms with E-state index in [2.05, 4.69) is 10.3 Å².